The van der Waals surface area contributed by atoms with Gasteiger partial charge in [0, 0.05) is 18.5 Å². The fraction of sp³-hybridized carbons (Fsp3) is 0.167. The zero-order valence-electron chi connectivity index (χ0n) is 14.6. The van der Waals surface area contributed by atoms with Crippen LogP contribution in [-0.2, 0) is 17.3 Å². The van der Waals surface area contributed by atoms with E-state index in [1.165, 1.54) is 24.7 Å². The molecule has 0 atom stereocenters. The first-order valence-electron chi connectivity index (χ1n) is 8.30. The van der Waals surface area contributed by atoms with Crippen LogP contribution in [0.2, 0.25) is 0 Å². The minimum atomic E-state index is -3.33. The largest absolute Gasteiger partial charge is 0.309 e. The van der Waals surface area contributed by atoms with E-state index < -0.39 is 29.8 Å². The SMILES string of the molecule is CC(F)(F)c1nn(CC(=O)Nc2ccncn2)c(=O)c2cc3ccccc3n12. The van der Waals surface area contributed by atoms with Crippen molar-refractivity contribution in [3.05, 3.63) is 65.1 Å². The molecule has 0 aliphatic rings. The smallest absolute Gasteiger partial charge is 0.304 e. The number of anilines is 1. The number of carbonyl (C=O) groups is 1. The van der Waals surface area contributed by atoms with Crippen molar-refractivity contribution < 1.29 is 13.6 Å². The maximum atomic E-state index is 14.3. The number of hydrogen-bond donors (Lipinski definition) is 1. The number of para-hydroxylation sites is 1. The first kappa shape index (κ1) is 17.7. The highest BCUT2D eigenvalue weighted by Crippen LogP contribution is 2.28. The number of nitrogens with one attached hydrogen (secondary N) is 1. The number of amides is 1. The number of halogens is 2. The quantitative estimate of drug-likeness (QED) is 0.582. The predicted octanol–water partition coefficient (Wildman–Crippen LogP) is 2.19. The molecule has 0 bridgehead atoms. The Morgan fingerprint density at radius 2 is 2.00 bits per heavy atom. The molecule has 4 rings (SSSR count). The molecular formula is C18H14F2N6O2. The Hall–Kier alpha value is -3.69. The van der Waals surface area contributed by atoms with Gasteiger partial charge in [-0.05, 0) is 18.2 Å². The van der Waals surface area contributed by atoms with Crippen molar-refractivity contribution in [3.63, 3.8) is 0 Å². The average Bonchev–Trinajstić information content (AvgIpc) is 3.04. The molecule has 4 aromatic rings. The van der Waals surface area contributed by atoms with Gasteiger partial charge in [0.1, 0.15) is 24.2 Å². The van der Waals surface area contributed by atoms with Crippen molar-refractivity contribution in [1.82, 2.24) is 24.1 Å². The van der Waals surface area contributed by atoms with Crippen molar-refractivity contribution in [2.45, 2.75) is 19.4 Å². The summed E-state index contributed by atoms with van der Waals surface area (Å²) in [5, 5.41) is 6.89. The molecule has 10 heteroatoms. The Morgan fingerprint density at radius 3 is 2.71 bits per heavy atom. The van der Waals surface area contributed by atoms with Gasteiger partial charge in [0.25, 0.3) is 5.56 Å². The monoisotopic (exact) mass is 384 g/mol. The lowest BCUT2D eigenvalue weighted by Gasteiger charge is -2.15. The second-order valence-electron chi connectivity index (χ2n) is 6.24. The number of hydrogen-bond acceptors (Lipinski definition) is 5. The van der Waals surface area contributed by atoms with Gasteiger partial charge in [-0.2, -0.15) is 8.78 Å². The van der Waals surface area contributed by atoms with E-state index in [0.29, 0.717) is 17.8 Å². The van der Waals surface area contributed by atoms with Gasteiger partial charge < -0.3 is 5.32 Å². The summed E-state index contributed by atoms with van der Waals surface area (Å²) in [5.74, 6) is -4.36. The summed E-state index contributed by atoms with van der Waals surface area (Å²) in [4.78, 5) is 32.6. The molecular weight excluding hydrogens is 370 g/mol. The zero-order valence-corrected chi connectivity index (χ0v) is 14.6. The second-order valence-corrected chi connectivity index (χ2v) is 6.24. The van der Waals surface area contributed by atoms with E-state index >= 15 is 0 Å². The third-order valence-electron chi connectivity index (χ3n) is 4.13. The van der Waals surface area contributed by atoms with Crippen molar-refractivity contribution in [2.75, 3.05) is 5.32 Å². The molecule has 1 amide bonds. The molecule has 1 N–H and O–H groups in total. The van der Waals surface area contributed by atoms with Crippen LogP contribution in [0, 0.1) is 0 Å². The summed E-state index contributed by atoms with van der Waals surface area (Å²) in [5.41, 5.74) is -0.194. The molecule has 0 spiro atoms. The molecule has 0 saturated carbocycles. The third-order valence-corrected chi connectivity index (χ3v) is 4.13. The second kappa shape index (κ2) is 6.48. The standard InChI is InChI=1S/C18H14F2N6O2/c1-18(19,20)17-24-25(9-15(27)23-14-6-7-21-10-22-14)16(28)13-8-11-4-2-3-5-12(11)26(13)17/h2-8,10H,9H2,1H3,(H,21,22,23,27). The minimum absolute atomic E-state index is 0.0163. The predicted molar refractivity (Wildman–Crippen MR) is 97.2 cm³/mol. The maximum absolute atomic E-state index is 14.3. The molecule has 8 nitrogen and oxygen atoms in total. The van der Waals surface area contributed by atoms with E-state index in [1.807, 2.05) is 0 Å². The number of fused-ring (bicyclic) bond motifs is 3. The molecule has 3 heterocycles. The van der Waals surface area contributed by atoms with Gasteiger partial charge in [-0.3, -0.25) is 14.0 Å². The molecule has 1 aromatic carbocycles. The highest BCUT2D eigenvalue weighted by Gasteiger charge is 2.32. The number of nitrogens with zero attached hydrogens (tertiary/aromatic N) is 5. The summed E-state index contributed by atoms with van der Waals surface area (Å²) >= 11 is 0. The molecule has 0 unspecified atom stereocenters. The van der Waals surface area contributed by atoms with E-state index in [4.69, 9.17) is 0 Å². The van der Waals surface area contributed by atoms with Gasteiger partial charge in [-0.15, -0.1) is 5.10 Å². The van der Waals surface area contributed by atoms with Crippen LogP contribution < -0.4 is 10.9 Å². The number of benzene rings is 1. The van der Waals surface area contributed by atoms with E-state index in [1.54, 1.807) is 24.3 Å². The highest BCUT2D eigenvalue weighted by atomic mass is 19.3. The maximum Gasteiger partial charge on any atom is 0.304 e. The van der Waals surface area contributed by atoms with Crippen LogP contribution in [-0.4, -0.2) is 30.1 Å². The van der Waals surface area contributed by atoms with Crippen molar-refractivity contribution >= 4 is 28.1 Å². The van der Waals surface area contributed by atoms with Gasteiger partial charge in [-0.1, -0.05) is 18.2 Å². The van der Waals surface area contributed by atoms with Gasteiger partial charge in [0.05, 0.1) is 5.52 Å². The van der Waals surface area contributed by atoms with Gasteiger partial charge in [0.15, 0.2) is 0 Å². The van der Waals surface area contributed by atoms with Crippen molar-refractivity contribution in [2.24, 2.45) is 0 Å². The Morgan fingerprint density at radius 1 is 1.21 bits per heavy atom. The lowest BCUT2D eigenvalue weighted by atomic mass is 10.2. The van der Waals surface area contributed by atoms with Gasteiger partial charge in [-0.25, -0.2) is 14.6 Å². The van der Waals surface area contributed by atoms with Crippen molar-refractivity contribution in [3.8, 4) is 0 Å². The number of alkyl halides is 2. The molecule has 28 heavy (non-hydrogen) atoms. The fourth-order valence-electron chi connectivity index (χ4n) is 2.95. The number of aromatic nitrogens is 5. The summed E-state index contributed by atoms with van der Waals surface area (Å²) in [6.07, 6.45) is 2.68. The van der Waals surface area contributed by atoms with Crippen LogP contribution in [0.15, 0.2) is 53.7 Å². The third kappa shape index (κ3) is 3.08. The Bertz CT molecular complexity index is 1240. The summed E-state index contributed by atoms with van der Waals surface area (Å²) in [6, 6.07) is 9.74. The fourth-order valence-corrected chi connectivity index (χ4v) is 2.95. The highest BCUT2D eigenvalue weighted by molar-refractivity contribution is 5.90. The van der Waals surface area contributed by atoms with Crippen LogP contribution in [0.3, 0.4) is 0 Å². The lowest BCUT2D eigenvalue weighted by Crippen LogP contribution is -2.34. The number of carbonyl (C=O) groups excluding carboxylic acids is 1. The van der Waals surface area contributed by atoms with Crippen molar-refractivity contribution in [1.29, 1.82) is 0 Å². The minimum Gasteiger partial charge on any atom is -0.309 e. The van der Waals surface area contributed by atoms with Gasteiger partial charge >= 0.3 is 5.92 Å². The first-order valence-corrected chi connectivity index (χ1v) is 8.30. The van der Waals surface area contributed by atoms with Crippen LogP contribution in [0.25, 0.3) is 16.4 Å². The van der Waals surface area contributed by atoms with Crippen LogP contribution in [0.4, 0.5) is 14.6 Å². The lowest BCUT2D eigenvalue weighted by molar-refractivity contribution is -0.117. The Labute approximate surface area is 156 Å². The number of rotatable bonds is 4. The van der Waals surface area contributed by atoms with E-state index in [-0.39, 0.29) is 11.3 Å². The van der Waals surface area contributed by atoms with Gasteiger partial charge in [0.2, 0.25) is 11.7 Å². The first-order chi connectivity index (χ1) is 13.3. The van der Waals surface area contributed by atoms with Crippen LogP contribution in [0.5, 0.6) is 0 Å². The average molecular weight is 384 g/mol. The van der Waals surface area contributed by atoms with E-state index in [0.717, 1.165) is 9.08 Å². The topological polar surface area (TPSA) is 94.2 Å². The van der Waals surface area contributed by atoms with Crippen LogP contribution >= 0.6 is 0 Å². The molecule has 0 aliphatic heterocycles. The molecule has 0 fully saturated rings. The summed E-state index contributed by atoms with van der Waals surface area (Å²) in [7, 11) is 0. The summed E-state index contributed by atoms with van der Waals surface area (Å²) in [6.45, 7) is 0.156. The Kier molecular flexibility index (Phi) is 4.10. The zero-order chi connectivity index (χ0) is 19.9. The molecule has 3 aromatic heterocycles. The molecule has 0 saturated heterocycles. The normalized spacial score (nSPS) is 11.8. The van der Waals surface area contributed by atoms with E-state index in [9.17, 15) is 18.4 Å². The molecule has 142 valence electrons. The van der Waals surface area contributed by atoms with E-state index in [2.05, 4.69) is 20.4 Å². The molecule has 0 radical (unpaired) electrons. The Balaban J connectivity index is 1.83. The summed E-state index contributed by atoms with van der Waals surface area (Å²) < 4.78 is 30.4. The van der Waals surface area contributed by atoms with Crippen LogP contribution in [0.1, 0.15) is 12.7 Å². The molecule has 0 aliphatic carbocycles.